The Morgan fingerprint density at radius 3 is 2.32 bits per heavy atom. The molecule has 2 rings (SSSR count). The van der Waals surface area contributed by atoms with E-state index in [0.29, 0.717) is 12.1 Å². The quantitative estimate of drug-likeness (QED) is 0.819. The second kappa shape index (κ2) is 6.64. The lowest BCUT2D eigenvalue weighted by atomic mass is 9.99. The SMILES string of the molecule is CN(C)Cc1ccccc1-c1cc(F)ccc1F.Cl. The van der Waals surface area contributed by atoms with E-state index in [4.69, 9.17) is 0 Å². The van der Waals surface area contributed by atoms with Crippen molar-refractivity contribution in [2.75, 3.05) is 14.1 Å². The highest BCUT2D eigenvalue weighted by Gasteiger charge is 2.10. The minimum absolute atomic E-state index is 0. The van der Waals surface area contributed by atoms with E-state index in [2.05, 4.69) is 0 Å². The molecule has 0 amide bonds. The van der Waals surface area contributed by atoms with Crippen LogP contribution in [0.15, 0.2) is 42.5 Å². The zero-order chi connectivity index (χ0) is 13.1. The molecule has 0 fully saturated rings. The first-order chi connectivity index (χ1) is 8.58. The van der Waals surface area contributed by atoms with E-state index in [0.717, 1.165) is 23.3 Å². The Hall–Kier alpha value is -1.45. The topological polar surface area (TPSA) is 3.24 Å². The smallest absolute Gasteiger partial charge is 0.131 e. The van der Waals surface area contributed by atoms with Gasteiger partial charge < -0.3 is 4.90 Å². The average molecular weight is 284 g/mol. The molecule has 0 atom stereocenters. The summed E-state index contributed by atoms with van der Waals surface area (Å²) < 4.78 is 27.0. The molecule has 0 aliphatic carbocycles. The van der Waals surface area contributed by atoms with Crippen molar-refractivity contribution in [1.82, 2.24) is 4.90 Å². The van der Waals surface area contributed by atoms with E-state index in [1.165, 1.54) is 6.07 Å². The average Bonchev–Trinajstić information content (AvgIpc) is 2.32. The van der Waals surface area contributed by atoms with Crippen LogP contribution in [0.4, 0.5) is 8.78 Å². The molecule has 2 aromatic rings. The van der Waals surface area contributed by atoms with E-state index >= 15 is 0 Å². The summed E-state index contributed by atoms with van der Waals surface area (Å²) in [5.74, 6) is -0.825. The van der Waals surface area contributed by atoms with Gasteiger partial charge >= 0.3 is 0 Å². The van der Waals surface area contributed by atoms with Crippen LogP contribution in [0, 0.1) is 11.6 Å². The Kier molecular flexibility index (Phi) is 5.45. The van der Waals surface area contributed by atoms with E-state index in [-0.39, 0.29) is 12.4 Å². The Morgan fingerprint density at radius 2 is 1.63 bits per heavy atom. The Balaban J connectivity index is 0.00000180. The van der Waals surface area contributed by atoms with Gasteiger partial charge in [-0.3, -0.25) is 0 Å². The number of rotatable bonds is 3. The van der Waals surface area contributed by atoms with Gasteiger partial charge in [-0.15, -0.1) is 12.4 Å². The van der Waals surface area contributed by atoms with Crippen molar-refractivity contribution < 1.29 is 8.78 Å². The van der Waals surface area contributed by atoms with Gasteiger partial charge in [-0.1, -0.05) is 24.3 Å². The minimum Gasteiger partial charge on any atom is -0.305 e. The molecule has 0 bridgehead atoms. The molecule has 0 saturated carbocycles. The van der Waals surface area contributed by atoms with Gasteiger partial charge in [-0.25, -0.2) is 8.78 Å². The Morgan fingerprint density at radius 1 is 0.947 bits per heavy atom. The molecular formula is C15H16ClF2N. The highest BCUT2D eigenvalue weighted by Crippen LogP contribution is 2.27. The van der Waals surface area contributed by atoms with Crippen molar-refractivity contribution in [2.24, 2.45) is 0 Å². The summed E-state index contributed by atoms with van der Waals surface area (Å²) in [4.78, 5) is 2.00. The lowest BCUT2D eigenvalue weighted by Gasteiger charge is -2.14. The van der Waals surface area contributed by atoms with E-state index in [1.54, 1.807) is 0 Å². The molecule has 0 aromatic heterocycles. The van der Waals surface area contributed by atoms with Crippen molar-refractivity contribution >= 4 is 12.4 Å². The molecule has 0 spiro atoms. The zero-order valence-corrected chi connectivity index (χ0v) is 11.7. The molecule has 2 aromatic carbocycles. The summed E-state index contributed by atoms with van der Waals surface area (Å²) in [5, 5.41) is 0. The van der Waals surface area contributed by atoms with Crippen LogP contribution in [0.2, 0.25) is 0 Å². The summed E-state index contributed by atoms with van der Waals surface area (Å²) in [7, 11) is 3.89. The predicted molar refractivity (Wildman–Crippen MR) is 76.4 cm³/mol. The van der Waals surface area contributed by atoms with Gasteiger partial charge in [0, 0.05) is 12.1 Å². The fourth-order valence-electron chi connectivity index (χ4n) is 1.97. The molecule has 0 unspecified atom stereocenters. The normalized spacial score (nSPS) is 10.4. The van der Waals surface area contributed by atoms with Crippen LogP contribution >= 0.6 is 12.4 Å². The number of nitrogens with zero attached hydrogens (tertiary/aromatic N) is 1. The van der Waals surface area contributed by atoms with Crippen LogP contribution in [0.5, 0.6) is 0 Å². The fourth-order valence-corrected chi connectivity index (χ4v) is 1.97. The Bertz CT molecular complexity index is 556. The van der Waals surface area contributed by atoms with E-state index in [1.807, 2.05) is 43.3 Å². The van der Waals surface area contributed by atoms with Crippen molar-refractivity contribution in [3.63, 3.8) is 0 Å². The molecule has 0 aliphatic rings. The molecule has 19 heavy (non-hydrogen) atoms. The third-order valence-corrected chi connectivity index (χ3v) is 2.72. The van der Waals surface area contributed by atoms with Crippen LogP contribution in [0.3, 0.4) is 0 Å². The second-order valence-electron chi connectivity index (χ2n) is 4.52. The first-order valence-corrected chi connectivity index (χ1v) is 5.76. The van der Waals surface area contributed by atoms with E-state index in [9.17, 15) is 8.78 Å². The van der Waals surface area contributed by atoms with Gasteiger partial charge in [0.1, 0.15) is 11.6 Å². The van der Waals surface area contributed by atoms with E-state index < -0.39 is 11.6 Å². The number of hydrogen-bond acceptors (Lipinski definition) is 1. The lowest BCUT2D eigenvalue weighted by molar-refractivity contribution is 0.403. The maximum absolute atomic E-state index is 13.8. The summed E-state index contributed by atoms with van der Waals surface area (Å²) in [6.45, 7) is 0.687. The van der Waals surface area contributed by atoms with Crippen LogP contribution in [0.25, 0.3) is 11.1 Å². The molecule has 1 nitrogen and oxygen atoms in total. The third kappa shape index (κ3) is 3.75. The highest BCUT2D eigenvalue weighted by atomic mass is 35.5. The van der Waals surface area contributed by atoms with Crippen molar-refractivity contribution in [3.8, 4) is 11.1 Å². The van der Waals surface area contributed by atoms with Gasteiger partial charge in [0.2, 0.25) is 0 Å². The lowest BCUT2D eigenvalue weighted by Crippen LogP contribution is -2.11. The molecular weight excluding hydrogens is 268 g/mol. The molecule has 4 heteroatoms. The van der Waals surface area contributed by atoms with Gasteiger partial charge in [-0.05, 0) is 43.4 Å². The highest BCUT2D eigenvalue weighted by molar-refractivity contribution is 5.85. The molecule has 0 saturated heterocycles. The minimum atomic E-state index is -0.425. The molecule has 0 heterocycles. The van der Waals surface area contributed by atoms with Gasteiger partial charge in [0.25, 0.3) is 0 Å². The van der Waals surface area contributed by atoms with Crippen LogP contribution in [-0.4, -0.2) is 19.0 Å². The monoisotopic (exact) mass is 283 g/mol. The van der Waals surface area contributed by atoms with Crippen molar-refractivity contribution in [1.29, 1.82) is 0 Å². The summed E-state index contributed by atoms with van der Waals surface area (Å²) in [5.41, 5.74) is 2.03. The zero-order valence-electron chi connectivity index (χ0n) is 10.9. The molecule has 0 radical (unpaired) electrons. The van der Waals surface area contributed by atoms with Gasteiger partial charge in [-0.2, -0.15) is 0 Å². The first kappa shape index (κ1) is 15.6. The largest absolute Gasteiger partial charge is 0.305 e. The van der Waals surface area contributed by atoms with Crippen LogP contribution in [-0.2, 0) is 6.54 Å². The summed E-state index contributed by atoms with van der Waals surface area (Å²) >= 11 is 0. The van der Waals surface area contributed by atoms with Crippen molar-refractivity contribution in [3.05, 3.63) is 59.7 Å². The Labute approximate surface area is 118 Å². The number of halogens is 3. The van der Waals surface area contributed by atoms with Gasteiger partial charge in [0.15, 0.2) is 0 Å². The standard InChI is InChI=1S/C15H15F2N.ClH/c1-18(2)10-11-5-3-4-6-13(11)14-9-12(16)7-8-15(14)17;/h3-9H,10H2,1-2H3;1H. The van der Waals surface area contributed by atoms with Crippen molar-refractivity contribution in [2.45, 2.75) is 6.54 Å². The fraction of sp³-hybridized carbons (Fsp3) is 0.200. The van der Waals surface area contributed by atoms with Crippen LogP contribution in [0.1, 0.15) is 5.56 Å². The second-order valence-corrected chi connectivity index (χ2v) is 4.52. The first-order valence-electron chi connectivity index (χ1n) is 5.76. The van der Waals surface area contributed by atoms with Crippen LogP contribution < -0.4 is 0 Å². The number of benzene rings is 2. The maximum Gasteiger partial charge on any atom is 0.131 e. The molecule has 0 N–H and O–H groups in total. The number of hydrogen-bond donors (Lipinski definition) is 0. The summed E-state index contributed by atoms with van der Waals surface area (Å²) in [6, 6.07) is 11.0. The molecule has 0 aliphatic heterocycles. The maximum atomic E-state index is 13.8. The third-order valence-electron chi connectivity index (χ3n) is 2.72. The van der Waals surface area contributed by atoms with Gasteiger partial charge in [0.05, 0.1) is 0 Å². The summed E-state index contributed by atoms with van der Waals surface area (Å²) in [6.07, 6.45) is 0. The molecule has 102 valence electrons. The predicted octanol–water partition coefficient (Wildman–Crippen LogP) is 4.12.